The Morgan fingerprint density at radius 2 is 1.91 bits per heavy atom. The highest BCUT2D eigenvalue weighted by molar-refractivity contribution is 6.30. The standard InChI is InChI=1S/C20H20ClF3N4O4/c21-13-4-12(5-25-6-13)7-30-8-14(29)26-18-9-17(10-18,11-18)15-27-28-16(31-15)19(2-1-3-19)32-20(22,23)24/h4-6H,1-3,7-11H2,(H,26,29). The van der Waals surface area contributed by atoms with Crippen molar-refractivity contribution in [1.82, 2.24) is 20.5 Å². The van der Waals surface area contributed by atoms with Crippen molar-refractivity contribution in [2.24, 2.45) is 0 Å². The zero-order valence-electron chi connectivity index (χ0n) is 16.9. The van der Waals surface area contributed by atoms with Gasteiger partial charge in [-0.05, 0) is 50.2 Å². The van der Waals surface area contributed by atoms with E-state index in [-0.39, 0.29) is 43.4 Å². The van der Waals surface area contributed by atoms with Crippen LogP contribution in [0.5, 0.6) is 0 Å². The summed E-state index contributed by atoms with van der Waals surface area (Å²) in [5.74, 6) is -0.0559. The van der Waals surface area contributed by atoms with Crippen LogP contribution >= 0.6 is 11.6 Å². The van der Waals surface area contributed by atoms with Crippen molar-refractivity contribution in [1.29, 1.82) is 0 Å². The summed E-state index contributed by atoms with van der Waals surface area (Å²) >= 11 is 5.86. The highest BCUT2D eigenvalue weighted by atomic mass is 35.5. The van der Waals surface area contributed by atoms with Gasteiger partial charge in [0.2, 0.25) is 17.7 Å². The third-order valence-electron chi connectivity index (χ3n) is 6.44. The summed E-state index contributed by atoms with van der Waals surface area (Å²) in [6.07, 6.45) is 1.11. The lowest BCUT2D eigenvalue weighted by Crippen LogP contribution is -2.77. The number of rotatable bonds is 8. The van der Waals surface area contributed by atoms with Crippen LogP contribution < -0.4 is 5.32 Å². The molecule has 4 fully saturated rings. The van der Waals surface area contributed by atoms with Gasteiger partial charge in [-0.15, -0.1) is 23.4 Å². The number of pyridine rings is 1. The summed E-state index contributed by atoms with van der Waals surface area (Å²) in [6.45, 7) is 0.105. The number of halogens is 4. The van der Waals surface area contributed by atoms with Crippen molar-refractivity contribution < 1.29 is 31.9 Å². The minimum atomic E-state index is -4.77. The van der Waals surface area contributed by atoms with E-state index in [0.717, 1.165) is 5.56 Å². The fraction of sp³-hybridized carbons (Fsp3) is 0.600. The Hall–Kier alpha value is -2.24. The number of carbonyl (C=O) groups is 1. The first-order chi connectivity index (χ1) is 15.1. The number of hydrogen-bond acceptors (Lipinski definition) is 7. The maximum Gasteiger partial charge on any atom is 0.523 e. The van der Waals surface area contributed by atoms with Crippen LogP contribution in [0, 0.1) is 0 Å². The lowest BCUT2D eigenvalue weighted by molar-refractivity contribution is -0.387. The molecular formula is C20H20ClF3N4O4. The van der Waals surface area contributed by atoms with Gasteiger partial charge in [0.05, 0.1) is 17.0 Å². The summed E-state index contributed by atoms with van der Waals surface area (Å²) in [7, 11) is 0. The fourth-order valence-electron chi connectivity index (χ4n) is 4.98. The third-order valence-corrected chi connectivity index (χ3v) is 6.65. The molecule has 2 aromatic heterocycles. The molecule has 6 rings (SSSR count). The number of ether oxygens (including phenoxy) is 2. The summed E-state index contributed by atoms with van der Waals surface area (Å²) in [4.78, 5) is 16.2. The third kappa shape index (κ3) is 3.86. The quantitative estimate of drug-likeness (QED) is 0.627. The minimum absolute atomic E-state index is 0.108. The van der Waals surface area contributed by atoms with Crippen LogP contribution in [0.4, 0.5) is 13.2 Å². The molecule has 4 aliphatic carbocycles. The lowest BCUT2D eigenvalue weighted by atomic mass is 9.39. The number of aromatic nitrogens is 3. The van der Waals surface area contributed by atoms with Gasteiger partial charge in [0.25, 0.3) is 0 Å². The zero-order valence-corrected chi connectivity index (χ0v) is 17.6. The normalized spacial score (nSPS) is 27.8. The Morgan fingerprint density at radius 3 is 2.53 bits per heavy atom. The van der Waals surface area contributed by atoms with Gasteiger partial charge in [0, 0.05) is 17.9 Å². The van der Waals surface area contributed by atoms with Crippen molar-refractivity contribution in [2.45, 2.75) is 68.0 Å². The van der Waals surface area contributed by atoms with Crippen LogP contribution in [-0.2, 0) is 31.9 Å². The van der Waals surface area contributed by atoms with Crippen LogP contribution in [0.2, 0.25) is 5.02 Å². The topological polar surface area (TPSA) is 99.4 Å². The molecule has 0 aliphatic heterocycles. The van der Waals surface area contributed by atoms with E-state index in [2.05, 4.69) is 25.2 Å². The lowest BCUT2D eigenvalue weighted by Gasteiger charge is -2.68. The summed E-state index contributed by atoms with van der Waals surface area (Å²) < 4.78 is 53.7. The van der Waals surface area contributed by atoms with Crippen molar-refractivity contribution >= 4 is 17.5 Å². The first kappa shape index (κ1) is 21.6. The number of alkyl halides is 3. The van der Waals surface area contributed by atoms with Gasteiger partial charge in [-0.2, -0.15) is 0 Å². The van der Waals surface area contributed by atoms with E-state index in [0.29, 0.717) is 36.6 Å². The number of nitrogens with zero attached hydrogens (tertiary/aromatic N) is 3. The number of amides is 1. The molecule has 172 valence electrons. The van der Waals surface area contributed by atoms with E-state index in [9.17, 15) is 18.0 Å². The second kappa shape index (κ2) is 7.39. The van der Waals surface area contributed by atoms with Gasteiger partial charge in [0.15, 0.2) is 5.60 Å². The zero-order chi connectivity index (χ0) is 22.6. The van der Waals surface area contributed by atoms with E-state index >= 15 is 0 Å². The number of nitrogens with one attached hydrogen (secondary N) is 1. The van der Waals surface area contributed by atoms with Gasteiger partial charge in [-0.1, -0.05) is 11.6 Å². The maximum atomic E-state index is 12.8. The van der Waals surface area contributed by atoms with E-state index in [1.807, 2.05) is 0 Å². The van der Waals surface area contributed by atoms with Crippen molar-refractivity contribution in [2.75, 3.05) is 6.61 Å². The monoisotopic (exact) mass is 472 g/mol. The van der Waals surface area contributed by atoms with Crippen LogP contribution in [0.15, 0.2) is 22.9 Å². The average molecular weight is 473 g/mol. The highest BCUT2D eigenvalue weighted by Gasteiger charge is 2.72. The molecule has 0 unspecified atom stereocenters. The number of hydrogen-bond donors (Lipinski definition) is 1. The summed E-state index contributed by atoms with van der Waals surface area (Å²) in [5.41, 5.74) is -1.56. The van der Waals surface area contributed by atoms with E-state index in [1.165, 1.54) is 6.20 Å². The molecule has 12 heteroatoms. The predicted octanol–water partition coefficient (Wildman–Crippen LogP) is 3.54. The molecule has 0 spiro atoms. The highest BCUT2D eigenvalue weighted by Crippen LogP contribution is 2.67. The Labute approximate surface area is 185 Å². The molecule has 1 amide bonds. The van der Waals surface area contributed by atoms with Gasteiger partial charge in [-0.25, -0.2) is 0 Å². The van der Waals surface area contributed by atoms with Crippen LogP contribution in [0.3, 0.4) is 0 Å². The first-order valence-corrected chi connectivity index (χ1v) is 10.6. The summed E-state index contributed by atoms with van der Waals surface area (Å²) in [5, 5.41) is 11.3. The smallest absolute Gasteiger partial charge is 0.421 e. The Balaban J connectivity index is 1.12. The SMILES string of the molecule is O=C(COCc1cncc(Cl)c1)NC12CC(c3nnc(C4(OC(F)(F)F)CCC4)o3)(C1)C2. The molecular weight excluding hydrogens is 453 g/mol. The molecule has 0 saturated heterocycles. The molecule has 1 N–H and O–H groups in total. The Morgan fingerprint density at radius 1 is 1.19 bits per heavy atom. The first-order valence-electron chi connectivity index (χ1n) is 10.2. The Kier molecular flexibility index (Phi) is 4.99. The van der Waals surface area contributed by atoms with Crippen LogP contribution in [-0.4, -0.2) is 39.6 Å². The van der Waals surface area contributed by atoms with Crippen LogP contribution in [0.1, 0.15) is 55.9 Å². The Bertz CT molecular complexity index is 1020. The largest absolute Gasteiger partial charge is 0.523 e. The summed E-state index contributed by atoms with van der Waals surface area (Å²) in [6, 6.07) is 1.71. The van der Waals surface area contributed by atoms with Crippen molar-refractivity contribution in [3.05, 3.63) is 40.8 Å². The second-order valence-corrected chi connectivity index (χ2v) is 9.39. The molecule has 4 saturated carbocycles. The van der Waals surface area contributed by atoms with Gasteiger partial charge < -0.3 is 14.5 Å². The van der Waals surface area contributed by atoms with Crippen LogP contribution in [0.25, 0.3) is 0 Å². The minimum Gasteiger partial charge on any atom is -0.421 e. The van der Waals surface area contributed by atoms with E-state index in [1.54, 1.807) is 12.3 Å². The molecule has 0 radical (unpaired) electrons. The molecule has 2 aromatic rings. The van der Waals surface area contributed by atoms with Gasteiger partial charge >= 0.3 is 6.36 Å². The van der Waals surface area contributed by atoms with E-state index in [4.69, 9.17) is 20.8 Å². The predicted molar refractivity (Wildman–Crippen MR) is 102 cm³/mol. The van der Waals surface area contributed by atoms with Gasteiger partial charge in [0.1, 0.15) is 6.61 Å². The van der Waals surface area contributed by atoms with Crippen molar-refractivity contribution in [3.63, 3.8) is 0 Å². The molecule has 0 atom stereocenters. The molecule has 32 heavy (non-hydrogen) atoms. The van der Waals surface area contributed by atoms with Gasteiger partial charge in [-0.3, -0.25) is 14.5 Å². The number of carbonyl (C=O) groups excluding carboxylic acids is 1. The molecule has 8 nitrogen and oxygen atoms in total. The molecule has 0 aromatic carbocycles. The molecule has 2 heterocycles. The molecule has 4 aliphatic rings. The molecule has 2 bridgehead atoms. The maximum absolute atomic E-state index is 12.8. The fourth-order valence-corrected chi connectivity index (χ4v) is 5.17. The second-order valence-electron chi connectivity index (χ2n) is 8.95. The van der Waals surface area contributed by atoms with E-state index < -0.39 is 17.4 Å². The average Bonchev–Trinajstić information content (AvgIpc) is 3.09. The van der Waals surface area contributed by atoms with Crippen molar-refractivity contribution in [3.8, 4) is 0 Å².